The fourth-order valence-electron chi connectivity index (χ4n) is 1.89. The topological polar surface area (TPSA) is 25.8 Å². The maximum absolute atomic E-state index is 4.64. The third-order valence-electron chi connectivity index (χ3n) is 2.74. The Balaban J connectivity index is 2.44. The number of aromatic nitrogens is 2. The molecule has 16 heavy (non-hydrogen) atoms. The molecule has 0 unspecified atom stereocenters. The van der Waals surface area contributed by atoms with E-state index in [4.69, 9.17) is 0 Å². The summed E-state index contributed by atoms with van der Waals surface area (Å²) in [6.45, 7) is 4.14. The van der Waals surface area contributed by atoms with Crippen LogP contribution >= 0.6 is 0 Å². The van der Waals surface area contributed by atoms with Gasteiger partial charge in [-0.25, -0.2) is 9.97 Å². The Kier molecular flexibility index (Phi) is 1.90. The molecule has 0 saturated heterocycles. The number of fused-ring (bicyclic) bond motifs is 2. The second-order valence-corrected chi connectivity index (χ2v) is 4.21. The molecule has 0 amide bonds. The Bertz CT molecular complexity index is 630. The van der Waals surface area contributed by atoms with E-state index in [0.717, 1.165) is 22.1 Å². The number of hydrogen-bond acceptors (Lipinski definition) is 2. The smallest absolute Gasteiger partial charge is 0.0897 e. The van der Waals surface area contributed by atoms with Crippen LogP contribution in [0.4, 0.5) is 0 Å². The van der Waals surface area contributed by atoms with Gasteiger partial charge in [0.2, 0.25) is 0 Å². The number of benzene rings is 2. The Hall–Kier alpha value is -1.96. The summed E-state index contributed by atoms with van der Waals surface area (Å²) in [6.07, 6.45) is 0. The highest BCUT2D eigenvalue weighted by Crippen LogP contribution is 2.17. The van der Waals surface area contributed by atoms with E-state index in [-0.39, 0.29) is 0 Å². The molecule has 0 fully saturated rings. The Morgan fingerprint density at radius 2 is 1.06 bits per heavy atom. The summed E-state index contributed by atoms with van der Waals surface area (Å²) in [5.74, 6) is 0. The molecule has 1 aromatic heterocycles. The normalized spacial score (nSPS) is 11.1. The lowest BCUT2D eigenvalue weighted by Gasteiger charge is -2.02. The molecule has 0 aliphatic heterocycles. The SMILES string of the molecule is Cc1ccc2nc3ccc(C)cc3nc2c1. The second-order valence-electron chi connectivity index (χ2n) is 4.21. The molecule has 2 nitrogen and oxygen atoms in total. The van der Waals surface area contributed by atoms with Gasteiger partial charge in [0.05, 0.1) is 22.1 Å². The van der Waals surface area contributed by atoms with Crippen LogP contribution in [0.5, 0.6) is 0 Å². The first-order valence-electron chi connectivity index (χ1n) is 5.37. The van der Waals surface area contributed by atoms with Gasteiger partial charge in [0.1, 0.15) is 0 Å². The van der Waals surface area contributed by atoms with Crippen molar-refractivity contribution in [1.29, 1.82) is 0 Å². The highest BCUT2D eigenvalue weighted by molar-refractivity contribution is 5.86. The van der Waals surface area contributed by atoms with E-state index < -0.39 is 0 Å². The van der Waals surface area contributed by atoms with Crippen LogP contribution in [0.2, 0.25) is 0 Å². The van der Waals surface area contributed by atoms with Crippen molar-refractivity contribution in [2.45, 2.75) is 13.8 Å². The fraction of sp³-hybridized carbons (Fsp3) is 0.143. The van der Waals surface area contributed by atoms with Gasteiger partial charge in [0.25, 0.3) is 0 Å². The molecule has 3 aromatic rings. The molecule has 0 aliphatic rings. The van der Waals surface area contributed by atoms with Gasteiger partial charge in [-0.05, 0) is 49.2 Å². The van der Waals surface area contributed by atoms with Gasteiger partial charge in [-0.3, -0.25) is 0 Å². The molecule has 0 N–H and O–H groups in total. The first-order valence-corrected chi connectivity index (χ1v) is 5.37. The van der Waals surface area contributed by atoms with Crippen molar-refractivity contribution < 1.29 is 0 Å². The molecular formula is C14H12N2. The third kappa shape index (κ3) is 1.43. The van der Waals surface area contributed by atoms with Crippen molar-refractivity contribution in [2.24, 2.45) is 0 Å². The van der Waals surface area contributed by atoms with Gasteiger partial charge in [0, 0.05) is 0 Å². The van der Waals surface area contributed by atoms with E-state index in [1.165, 1.54) is 11.1 Å². The monoisotopic (exact) mass is 208 g/mol. The van der Waals surface area contributed by atoms with E-state index in [1.54, 1.807) is 0 Å². The zero-order chi connectivity index (χ0) is 11.1. The molecule has 3 rings (SSSR count). The van der Waals surface area contributed by atoms with Crippen LogP contribution in [0.25, 0.3) is 22.1 Å². The standard InChI is InChI=1S/C14H12N2/c1-9-3-5-11-13(7-9)16-14-8-10(2)4-6-12(14)15-11/h3-8H,1-2H3. The van der Waals surface area contributed by atoms with Crippen molar-refractivity contribution in [2.75, 3.05) is 0 Å². The lowest BCUT2D eigenvalue weighted by molar-refractivity contribution is 1.35. The summed E-state index contributed by atoms with van der Waals surface area (Å²) in [4.78, 5) is 9.23. The molecule has 0 atom stereocenters. The first kappa shape index (κ1) is 9.28. The number of hydrogen-bond donors (Lipinski definition) is 0. The largest absolute Gasteiger partial charge is 0.245 e. The Labute approximate surface area is 94.0 Å². The van der Waals surface area contributed by atoms with Crippen LogP contribution in [0.1, 0.15) is 11.1 Å². The second kappa shape index (κ2) is 3.27. The molecule has 0 bridgehead atoms. The van der Waals surface area contributed by atoms with Crippen molar-refractivity contribution in [3.8, 4) is 0 Å². The molecule has 1 heterocycles. The third-order valence-corrected chi connectivity index (χ3v) is 2.74. The van der Waals surface area contributed by atoms with Crippen molar-refractivity contribution in [3.63, 3.8) is 0 Å². The van der Waals surface area contributed by atoms with E-state index in [2.05, 4.69) is 48.1 Å². The van der Waals surface area contributed by atoms with Crippen LogP contribution in [0.15, 0.2) is 36.4 Å². The number of aryl methyl sites for hydroxylation is 2. The van der Waals surface area contributed by atoms with Crippen LogP contribution in [0, 0.1) is 13.8 Å². The van der Waals surface area contributed by atoms with Gasteiger partial charge in [-0.15, -0.1) is 0 Å². The molecule has 0 saturated carbocycles. The number of rotatable bonds is 0. The van der Waals surface area contributed by atoms with E-state index in [1.807, 2.05) is 12.1 Å². The van der Waals surface area contributed by atoms with Gasteiger partial charge in [0.15, 0.2) is 0 Å². The summed E-state index contributed by atoms with van der Waals surface area (Å²) in [5.41, 5.74) is 6.29. The minimum Gasteiger partial charge on any atom is -0.245 e. The zero-order valence-corrected chi connectivity index (χ0v) is 9.36. The quantitative estimate of drug-likeness (QED) is 0.529. The maximum Gasteiger partial charge on any atom is 0.0897 e. The highest BCUT2D eigenvalue weighted by Gasteiger charge is 2.01. The summed E-state index contributed by atoms with van der Waals surface area (Å²) >= 11 is 0. The van der Waals surface area contributed by atoms with Gasteiger partial charge in [-0.2, -0.15) is 0 Å². The minimum absolute atomic E-state index is 0.960. The molecule has 0 spiro atoms. The van der Waals surface area contributed by atoms with E-state index >= 15 is 0 Å². The van der Waals surface area contributed by atoms with E-state index in [9.17, 15) is 0 Å². The van der Waals surface area contributed by atoms with Gasteiger partial charge >= 0.3 is 0 Å². The van der Waals surface area contributed by atoms with Crippen LogP contribution in [0.3, 0.4) is 0 Å². The van der Waals surface area contributed by atoms with Crippen molar-refractivity contribution >= 4 is 22.1 Å². The van der Waals surface area contributed by atoms with Crippen molar-refractivity contribution in [3.05, 3.63) is 47.5 Å². The molecule has 0 aliphatic carbocycles. The first-order chi connectivity index (χ1) is 7.72. The Morgan fingerprint density at radius 3 is 1.56 bits per heavy atom. The highest BCUT2D eigenvalue weighted by atomic mass is 14.8. The summed E-state index contributed by atoms with van der Waals surface area (Å²) in [7, 11) is 0. The summed E-state index contributed by atoms with van der Waals surface area (Å²) in [5, 5.41) is 0. The van der Waals surface area contributed by atoms with Gasteiger partial charge in [-0.1, -0.05) is 12.1 Å². The lowest BCUT2D eigenvalue weighted by atomic mass is 10.2. The predicted octanol–water partition coefficient (Wildman–Crippen LogP) is 3.40. The molecular weight excluding hydrogens is 196 g/mol. The van der Waals surface area contributed by atoms with Crippen LogP contribution < -0.4 is 0 Å². The lowest BCUT2D eigenvalue weighted by Crippen LogP contribution is -1.88. The summed E-state index contributed by atoms with van der Waals surface area (Å²) < 4.78 is 0. The average Bonchev–Trinajstić information content (AvgIpc) is 2.26. The molecule has 2 aromatic carbocycles. The van der Waals surface area contributed by atoms with Crippen LogP contribution in [-0.2, 0) is 0 Å². The maximum atomic E-state index is 4.64. The van der Waals surface area contributed by atoms with Crippen molar-refractivity contribution in [1.82, 2.24) is 9.97 Å². The Morgan fingerprint density at radius 1 is 0.625 bits per heavy atom. The molecule has 78 valence electrons. The van der Waals surface area contributed by atoms with Gasteiger partial charge < -0.3 is 0 Å². The molecule has 0 radical (unpaired) electrons. The zero-order valence-electron chi connectivity index (χ0n) is 9.36. The van der Waals surface area contributed by atoms with E-state index in [0.29, 0.717) is 0 Å². The average molecular weight is 208 g/mol. The minimum atomic E-state index is 0.960. The fourth-order valence-corrected chi connectivity index (χ4v) is 1.89. The number of nitrogens with zero attached hydrogens (tertiary/aromatic N) is 2. The predicted molar refractivity (Wildman–Crippen MR) is 66.5 cm³/mol. The summed E-state index contributed by atoms with van der Waals surface area (Å²) in [6, 6.07) is 12.3. The van der Waals surface area contributed by atoms with Crippen LogP contribution in [-0.4, -0.2) is 9.97 Å². The molecule has 2 heteroatoms.